The van der Waals surface area contributed by atoms with Gasteiger partial charge in [-0.1, -0.05) is 28.1 Å². The molecule has 0 saturated carbocycles. The van der Waals surface area contributed by atoms with Crippen LogP contribution in [-0.4, -0.2) is 51.2 Å². The molecular weight excluding hydrogens is 404 g/mol. The van der Waals surface area contributed by atoms with E-state index in [0.29, 0.717) is 24.7 Å². The van der Waals surface area contributed by atoms with Crippen LogP contribution < -0.4 is 5.32 Å². The highest BCUT2D eigenvalue weighted by Crippen LogP contribution is 2.15. The number of likely N-dealkylation sites (tertiary alicyclic amines) is 1. The van der Waals surface area contributed by atoms with Gasteiger partial charge in [0.05, 0.1) is 5.75 Å². The van der Waals surface area contributed by atoms with Crippen molar-refractivity contribution in [3.05, 3.63) is 34.3 Å². The molecule has 1 saturated heterocycles. The average molecular weight is 426 g/mol. The number of rotatable bonds is 5. The third-order valence-corrected chi connectivity index (χ3v) is 5.89. The smallest absolute Gasteiger partial charge is 0.237 e. The molecule has 8 heteroatoms. The first-order chi connectivity index (χ1) is 10.4. The quantitative estimate of drug-likeness (QED) is 0.783. The molecule has 1 aliphatic heterocycles. The van der Waals surface area contributed by atoms with Gasteiger partial charge in [0, 0.05) is 23.6 Å². The second-order valence-electron chi connectivity index (χ2n) is 5.60. The maximum Gasteiger partial charge on any atom is 0.237 e. The summed E-state index contributed by atoms with van der Waals surface area (Å²) in [5.41, 5.74) is 0.699. The van der Waals surface area contributed by atoms with Crippen LogP contribution in [0.5, 0.6) is 0 Å². The summed E-state index contributed by atoms with van der Waals surface area (Å²) in [7, 11) is -1.53. The van der Waals surface area contributed by atoms with Crippen molar-refractivity contribution in [2.45, 2.75) is 24.6 Å². The predicted octanol–water partition coefficient (Wildman–Crippen LogP) is 2.00. The Kier molecular flexibility index (Phi) is 8.00. The Morgan fingerprint density at radius 3 is 2.35 bits per heavy atom. The highest BCUT2D eigenvalue weighted by atomic mass is 79.9. The van der Waals surface area contributed by atoms with Crippen LogP contribution in [0, 0.1) is 0 Å². The van der Waals surface area contributed by atoms with Gasteiger partial charge in [0.25, 0.3) is 0 Å². The normalized spacial score (nSPS) is 16.0. The number of carbonyl (C=O) groups excluding carboxylic acids is 1. The molecule has 23 heavy (non-hydrogen) atoms. The van der Waals surface area contributed by atoms with Gasteiger partial charge in [-0.05, 0) is 37.6 Å². The SMILES string of the molecule is CNC1CCN(C(=O)CS(=O)(=O)Cc2ccc(Br)cc2)CC1.Cl. The molecule has 1 amide bonds. The third kappa shape index (κ3) is 6.41. The average Bonchev–Trinajstić information content (AvgIpc) is 2.49. The highest BCUT2D eigenvalue weighted by molar-refractivity contribution is 9.10. The van der Waals surface area contributed by atoms with Crippen LogP contribution in [0.4, 0.5) is 0 Å². The minimum atomic E-state index is -3.44. The molecule has 1 heterocycles. The Hall–Kier alpha value is -0.630. The summed E-state index contributed by atoms with van der Waals surface area (Å²) in [6, 6.07) is 7.53. The topological polar surface area (TPSA) is 66.5 Å². The van der Waals surface area contributed by atoms with Gasteiger partial charge < -0.3 is 10.2 Å². The van der Waals surface area contributed by atoms with Crippen molar-refractivity contribution in [1.82, 2.24) is 10.2 Å². The summed E-state index contributed by atoms with van der Waals surface area (Å²) in [5, 5.41) is 3.19. The molecule has 1 aromatic carbocycles. The van der Waals surface area contributed by atoms with Gasteiger partial charge in [0.1, 0.15) is 5.75 Å². The fourth-order valence-corrected chi connectivity index (χ4v) is 4.21. The minimum absolute atomic E-state index is 0. The number of hydrogen-bond acceptors (Lipinski definition) is 4. The van der Waals surface area contributed by atoms with Gasteiger partial charge >= 0.3 is 0 Å². The number of hydrogen-bond donors (Lipinski definition) is 1. The van der Waals surface area contributed by atoms with Crippen molar-refractivity contribution in [1.29, 1.82) is 0 Å². The maximum absolute atomic E-state index is 12.2. The lowest BCUT2D eigenvalue weighted by Gasteiger charge is -2.31. The number of amides is 1. The van der Waals surface area contributed by atoms with E-state index in [0.717, 1.165) is 17.3 Å². The van der Waals surface area contributed by atoms with Gasteiger partial charge in [-0.2, -0.15) is 0 Å². The van der Waals surface area contributed by atoms with E-state index in [9.17, 15) is 13.2 Å². The predicted molar refractivity (Wildman–Crippen MR) is 97.5 cm³/mol. The number of carbonyl (C=O) groups is 1. The number of piperidine rings is 1. The molecule has 0 bridgehead atoms. The molecule has 0 aliphatic carbocycles. The summed E-state index contributed by atoms with van der Waals surface area (Å²) in [5.74, 6) is -0.793. The van der Waals surface area contributed by atoms with Gasteiger partial charge in [0.15, 0.2) is 9.84 Å². The Balaban J connectivity index is 0.00000264. The summed E-state index contributed by atoms with van der Waals surface area (Å²) in [6.07, 6.45) is 1.74. The Labute approximate surface area is 152 Å². The van der Waals surface area contributed by atoms with Crippen LogP contribution >= 0.6 is 28.3 Å². The number of benzene rings is 1. The molecule has 0 spiro atoms. The zero-order chi connectivity index (χ0) is 16.2. The fraction of sp³-hybridized carbons (Fsp3) is 0.533. The van der Waals surface area contributed by atoms with E-state index in [2.05, 4.69) is 21.2 Å². The van der Waals surface area contributed by atoms with E-state index in [1.54, 1.807) is 29.2 Å². The lowest BCUT2D eigenvalue weighted by Crippen LogP contribution is -2.45. The van der Waals surface area contributed by atoms with Crippen molar-refractivity contribution < 1.29 is 13.2 Å². The molecular formula is C15H22BrClN2O3S. The van der Waals surface area contributed by atoms with Crippen LogP contribution in [0.3, 0.4) is 0 Å². The molecule has 1 aromatic rings. The zero-order valence-corrected chi connectivity index (χ0v) is 16.2. The second-order valence-corrected chi connectivity index (χ2v) is 8.58. The van der Waals surface area contributed by atoms with Crippen molar-refractivity contribution in [3.8, 4) is 0 Å². The summed E-state index contributed by atoms with van der Waals surface area (Å²) < 4.78 is 25.3. The molecule has 1 aliphatic rings. The molecule has 5 nitrogen and oxygen atoms in total. The Bertz CT molecular complexity index is 614. The first-order valence-corrected chi connectivity index (χ1v) is 9.91. The number of nitrogens with one attached hydrogen (secondary N) is 1. The molecule has 1 fully saturated rings. The fourth-order valence-electron chi connectivity index (χ4n) is 2.58. The van der Waals surface area contributed by atoms with Crippen LogP contribution in [0.1, 0.15) is 18.4 Å². The van der Waals surface area contributed by atoms with Crippen molar-refractivity contribution >= 4 is 44.1 Å². The minimum Gasteiger partial charge on any atom is -0.342 e. The molecule has 0 radical (unpaired) electrons. The van der Waals surface area contributed by atoms with Gasteiger partial charge in [-0.15, -0.1) is 12.4 Å². The van der Waals surface area contributed by atoms with E-state index in [4.69, 9.17) is 0 Å². The maximum atomic E-state index is 12.2. The largest absolute Gasteiger partial charge is 0.342 e. The van der Waals surface area contributed by atoms with E-state index in [1.807, 2.05) is 7.05 Å². The molecule has 130 valence electrons. The molecule has 0 atom stereocenters. The zero-order valence-electron chi connectivity index (χ0n) is 13.0. The molecule has 0 unspecified atom stereocenters. The molecule has 1 N–H and O–H groups in total. The standard InChI is InChI=1S/C15H21BrN2O3S.ClH/c1-17-14-6-8-18(9-7-14)15(19)11-22(20,21)10-12-2-4-13(16)5-3-12;/h2-5,14,17H,6-11H2,1H3;1H. The van der Waals surface area contributed by atoms with E-state index >= 15 is 0 Å². The van der Waals surface area contributed by atoms with Crippen LogP contribution in [0.2, 0.25) is 0 Å². The van der Waals surface area contributed by atoms with Gasteiger partial charge in [0.2, 0.25) is 5.91 Å². The lowest BCUT2D eigenvalue weighted by molar-refractivity contribution is -0.129. The lowest BCUT2D eigenvalue weighted by atomic mass is 10.1. The Morgan fingerprint density at radius 2 is 1.83 bits per heavy atom. The molecule has 2 rings (SSSR count). The summed E-state index contributed by atoms with van der Waals surface area (Å²) in [6.45, 7) is 1.25. The number of sulfone groups is 1. The van der Waals surface area contributed by atoms with Crippen molar-refractivity contribution in [2.24, 2.45) is 0 Å². The van der Waals surface area contributed by atoms with Crippen molar-refractivity contribution in [3.63, 3.8) is 0 Å². The van der Waals surface area contributed by atoms with Crippen LogP contribution in [-0.2, 0) is 20.4 Å². The van der Waals surface area contributed by atoms with Gasteiger partial charge in [-0.3, -0.25) is 4.79 Å². The first-order valence-electron chi connectivity index (χ1n) is 7.29. The number of halogens is 2. The second kappa shape index (κ2) is 9.01. The number of nitrogens with zero attached hydrogens (tertiary/aromatic N) is 1. The highest BCUT2D eigenvalue weighted by Gasteiger charge is 2.25. The monoisotopic (exact) mass is 424 g/mol. The van der Waals surface area contributed by atoms with E-state index in [-0.39, 0.29) is 24.1 Å². The van der Waals surface area contributed by atoms with Crippen LogP contribution in [0.15, 0.2) is 28.7 Å². The Morgan fingerprint density at radius 1 is 1.26 bits per heavy atom. The van der Waals surface area contributed by atoms with E-state index in [1.165, 1.54) is 0 Å². The summed E-state index contributed by atoms with van der Waals surface area (Å²) in [4.78, 5) is 13.8. The van der Waals surface area contributed by atoms with Crippen molar-refractivity contribution in [2.75, 3.05) is 25.9 Å². The third-order valence-electron chi connectivity index (χ3n) is 3.90. The van der Waals surface area contributed by atoms with Gasteiger partial charge in [-0.25, -0.2) is 8.42 Å². The summed E-state index contributed by atoms with van der Waals surface area (Å²) >= 11 is 3.31. The van der Waals surface area contributed by atoms with Crippen LogP contribution in [0.25, 0.3) is 0 Å². The first kappa shape index (κ1) is 20.4. The van der Waals surface area contributed by atoms with E-state index < -0.39 is 15.6 Å². The molecule has 0 aromatic heterocycles.